The number of carboxylic acid groups (broad SMARTS) is 1. The summed E-state index contributed by atoms with van der Waals surface area (Å²) in [5.74, 6) is 1.05. The van der Waals surface area contributed by atoms with Crippen LogP contribution >= 0.6 is 0 Å². The van der Waals surface area contributed by atoms with Gasteiger partial charge in [0.05, 0.1) is 18.3 Å². The average Bonchev–Trinajstić information content (AvgIpc) is 3.05. The van der Waals surface area contributed by atoms with Gasteiger partial charge in [-0.15, -0.1) is 0 Å². The standard InChI is InChI=1S/C25H42O5/c1-13(5-8-21(28)29)16-6-7-17-22-19(12-20(27)25(16,17)4)24(3)10-9-15(26)11-18(24)14(2)23(22)30/h13-20,22-23,26-27,30H,5-12H2,1-4H3,(H,28,29)/t13?,14-,15-,16-,17?,18+,19?,20+,22?,23+,24+,25-/m1/s1. The second-order valence-electron chi connectivity index (χ2n) is 11.9. The van der Waals surface area contributed by atoms with Gasteiger partial charge in [-0.3, -0.25) is 4.79 Å². The molecule has 30 heavy (non-hydrogen) atoms. The van der Waals surface area contributed by atoms with Crippen molar-refractivity contribution in [2.45, 2.75) is 97.4 Å². The minimum atomic E-state index is -0.749. The van der Waals surface area contributed by atoms with Crippen LogP contribution in [0.15, 0.2) is 0 Å². The Morgan fingerprint density at radius 1 is 1.03 bits per heavy atom. The van der Waals surface area contributed by atoms with E-state index >= 15 is 0 Å². The van der Waals surface area contributed by atoms with Crippen molar-refractivity contribution in [2.24, 2.45) is 52.3 Å². The lowest BCUT2D eigenvalue weighted by molar-refractivity contribution is -0.225. The number of carboxylic acids is 1. The molecule has 4 aliphatic rings. The summed E-state index contributed by atoms with van der Waals surface area (Å²) in [5.41, 5.74) is -0.185. The van der Waals surface area contributed by atoms with E-state index in [4.69, 9.17) is 5.11 Å². The van der Waals surface area contributed by atoms with E-state index < -0.39 is 12.1 Å². The van der Waals surface area contributed by atoms with E-state index in [0.29, 0.717) is 24.2 Å². The van der Waals surface area contributed by atoms with Crippen LogP contribution in [0.3, 0.4) is 0 Å². The van der Waals surface area contributed by atoms with E-state index in [-0.39, 0.29) is 53.1 Å². The molecular weight excluding hydrogens is 380 g/mol. The largest absolute Gasteiger partial charge is 0.481 e. The molecule has 0 radical (unpaired) electrons. The van der Waals surface area contributed by atoms with Crippen LogP contribution in [0.1, 0.15) is 79.1 Å². The molecule has 4 saturated carbocycles. The van der Waals surface area contributed by atoms with E-state index in [2.05, 4.69) is 27.7 Å². The van der Waals surface area contributed by atoms with Crippen LogP contribution in [0.2, 0.25) is 0 Å². The molecule has 0 aromatic carbocycles. The topological polar surface area (TPSA) is 98.0 Å². The summed E-state index contributed by atoms with van der Waals surface area (Å²) in [6.45, 7) is 8.91. The van der Waals surface area contributed by atoms with Crippen LogP contribution in [-0.4, -0.2) is 44.7 Å². The average molecular weight is 423 g/mol. The predicted octanol–water partition coefficient (Wildman–Crippen LogP) is 3.69. The van der Waals surface area contributed by atoms with Gasteiger partial charge in [0.2, 0.25) is 0 Å². The first-order valence-electron chi connectivity index (χ1n) is 12.3. The van der Waals surface area contributed by atoms with E-state index in [1.165, 1.54) is 0 Å². The zero-order chi connectivity index (χ0) is 22.0. The maximum Gasteiger partial charge on any atom is 0.303 e. The first-order valence-corrected chi connectivity index (χ1v) is 12.3. The van der Waals surface area contributed by atoms with Gasteiger partial charge in [-0.25, -0.2) is 0 Å². The second-order valence-corrected chi connectivity index (χ2v) is 11.9. The van der Waals surface area contributed by atoms with Crippen molar-refractivity contribution in [3.05, 3.63) is 0 Å². The van der Waals surface area contributed by atoms with Crippen molar-refractivity contribution in [3.63, 3.8) is 0 Å². The lowest BCUT2D eigenvalue weighted by Gasteiger charge is -2.65. The molecule has 12 atom stereocenters. The summed E-state index contributed by atoms with van der Waals surface area (Å²) in [6, 6.07) is 0. The molecule has 0 aliphatic heterocycles. The molecule has 5 heteroatoms. The lowest BCUT2D eigenvalue weighted by Crippen LogP contribution is -2.64. The van der Waals surface area contributed by atoms with Crippen LogP contribution in [0.4, 0.5) is 0 Å². The van der Waals surface area contributed by atoms with Crippen LogP contribution in [0, 0.1) is 52.3 Å². The summed E-state index contributed by atoms with van der Waals surface area (Å²) < 4.78 is 0. The number of hydrogen-bond donors (Lipinski definition) is 4. The Morgan fingerprint density at radius 3 is 2.40 bits per heavy atom. The number of aliphatic carboxylic acids is 1. The Morgan fingerprint density at radius 2 is 1.73 bits per heavy atom. The fraction of sp³-hybridized carbons (Fsp3) is 0.960. The molecule has 4 fully saturated rings. The summed E-state index contributed by atoms with van der Waals surface area (Å²) in [5, 5.41) is 42.5. The van der Waals surface area contributed by atoms with E-state index in [1.807, 2.05) is 0 Å². The maximum atomic E-state index is 11.5. The van der Waals surface area contributed by atoms with Gasteiger partial charge in [-0.05, 0) is 97.2 Å². The third-order valence-corrected chi connectivity index (χ3v) is 10.8. The maximum absolute atomic E-state index is 11.5. The molecular formula is C25H42O5. The Kier molecular flexibility index (Phi) is 5.81. The van der Waals surface area contributed by atoms with Crippen molar-refractivity contribution in [1.82, 2.24) is 0 Å². The molecule has 0 amide bonds. The first-order chi connectivity index (χ1) is 14.0. The normalized spacial score (nSPS) is 54.0. The molecule has 4 rings (SSSR count). The molecule has 0 aromatic rings. The first kappa shape index (κ1) is 22.5. The highest BCUT2D eigenvalue weighted by molar-refractivity contribution is 5.66. The van der Waals surface area contributed by atoms with Crippen LogP contribution < -0.4 is 0 Å². The number of rotatable bonds is 4. The quantitative estimate of drug-likeness (QED) is 0.554. The summed E-state index contributed by atoms with van der Waals surface area (Å²) in [4.78, 5) is 11.1. The van der Waals surface area contributed by atoms with Crippen LogP contribution in [-0.2, 0) is 4.79 Å². The van der Waals surface area contributed by atoms with Gasteiger partial charge in [0, 0.05) is 6.42 Å². The van der Waals surface area contributed by atoms with Gasteiger partial charge >= 0.3 is 5.97 Å². The van der Waals surface area contributed by atoms with Crippen LogP contribution in [0.25, 0.3) is 0 Å². The SMILES string of the molecule is CC(CCC(=O)O)[C@H]1CCC2C3C(C[C@H](O)[C@@]21C)[C@@]1(C)CC[C@@H](O)C[C@H]1[C@@H](C)[C@@H]3O. The Bertz CT molecular complexity index is 666. The highest BCUT2D eigenvalue weighted by Gasteiger charge is 2.67. The summed E-state index contributed by atoms with van der Waals surface area (Å²) >= 11 is 0. The van der Waals surface area contributed by atoms with Gasteiger partial charge in [-0.2, -0.15) is 0 Å². The Hall–Kier alpha value is -0.650. The van der Waals surface area contributed by atoms with Crippen molar-refractivity contribution in [2.75, 3.05) is 0 Å². The third kappa shape index (κ3) is 3.17. The minimum absolute atomic E-state index is 0.0673. The zero-order valence-electron chi connectivity index (χ0n) is 19.1. The van der Waals surface area contributed by atoms with E-state index in [0.717, 1.165) is 38.5 Å². The lowest BCUT2D eigenvalue weighted by atomic mass is 9.41. The number of aliphatic hydroxyl groups excluding tert-OH is 3. The van der Waals surface area contributed by atoms with Gasteiger partial charge in [0.25, 0.3) is 0 Å². The second kappa shape index (κ2) is 7.74. The van der Waals surface area contributed by atoms with Crippen molar-refractivity contribution in [1.29, 1.82) is 0 Å². The van der Waals surface area contributed by atoms with Gasteiger partial charge in [-0.1, -0.05) is 27.7 Å². The molecule has 0 saturated heterocycles. The number of carbonyl (C=O) groups is 1. The van der Waals surface area contributed by atoms with E-state index in [1.54, 1.807) is 0 Å². The van der Waals surface area contributed by atoms with E-state index in [9.17, 15) is 20.1 Å². The molecule has 0 spiro atoms. The molecule has 0 bridgehead atoms. The number of hydrogen-bond acceptors (Lipinski definition) is 4. The molecule has 0 heterocycles. The fourth-order valence-electron chi connectivity index (χ4n) is 9.13. The predicted molar refractivity (Wildman–Crippen MR) is 115 cm³/mol. The zero-order valence-corrected chi connectivity index (χ0v) is 19.1. The summed E-state index contributed by atoms with van der Waals surface area (Å²) in [6.07, 6.45) is 5.11. The monoisotopic (exact) mass is 422 g/mol. The highest BCUT2D eigenvalue weighted by Crippen LogP contribution is 2.69. The fourth-order valence-corrected chi connectivity index (χ4v) is 9.13. The number of aliphatic hydroxyl groups is 3. The molecule has 4 unspecified atom stereocenters. The Balaban J connectivity index is 1.64. The van der Waals surface area contributed by atoms with Crippen molar-refractivity contribution in [3.8, 4) is 0 Å². The smallest absolute Gasteiger partial charge is 0.303 e. The molecule has 172 valence electrons. The molecule has 4 aliphatic carbocycles. The highest BCUT2D eigenvalue weighted by atomic mass is 16.4. The minimum Gasteiger partial charge on any atom is -0.481 e. The Labute approximate surface area is 181 Å². The van der Waals surface area contributed by atoms with Crippen molar-refractivity contribution >= 4 is 5.97 Å². The molecule has 0 aromatic heterocycles. The van der Waals surface area contributed by atoms with Gasteiger partial charge in [0.15, 0.2) is 0 Å². The third-order valence-electron chi connectivity index (χ3n) is 10.8. The van der Waals surface area contributed by atoms with Gasteiger partial charge in [0.1, 0.15) is 0 Å². The molecule has 5 nitrogen and oxygen atoms in total. The van der Waals surface area contributed by atoms with Gasteiger partial charge < -0.3 is 20.4 Å². The number of fused-ring (bicyclic) bond motifs is 5. The summed E-state index contributed by atoms with van der Waals surface area (Å²) in [7, 11) is 0. The van der Waals surface area contributed by atoms with Crippen LogP contribution in [0.5, 0.6) is 0 Å². The van der Waals surface area contributed by atoms with Crippen molar-refractivity contribution < 1.29 is 25.2 Å². The molecule has 4 N–H and O–H groups in total.